The van der Waals surface area contributed by atoms with Crippen molar-refractivity contribution < 1.29 is 4.79 Å². The number of H-pyrrole nitrogens is 1. The molecule has 0 unspecified atom stereocenters. The van der Waals surface area contributed by atoms with E-state index in [4.69, 9.17) is 0 Å². The van der Waals surface area contributed by atoms with Gasteiger partial charge in [0, 0.05) is 38.9 Å². The summed E-state index contributed by atoms with van der Waals surface area (Å²) in [5, 5.41) is 13.9. The van der Waals surface area contributed by atoms with Crippen LogP contribution in [-0.2, 0) is 13.1 Å². The van der Waals surface area contributed by atoms with Crippen molar-refractivity contribution in [3.05, 3.63) is 40.3 Å². The van der Waals surface area contributed by atoms with Crippen LogP contribution in [0.3, 0.4) is 0 Å². The van der Waals surface area contributed by atoms with E-state index in [1.807, 2.05) is 11.0 Å². The fourth-order valence-electron chi connectivity index (χ4n) is 2.42. The largest absolute Gasteiger partial charge is 0.332 e. The minimum absolute atomic E-state index is 0.000201. The van der Waals surface area contributed by atoms with Gasteiger partial charge in [0.05, 0.1) is 12.2 Å². The molecule has 0 saturated carbocycles. The summed E-state index contributed by atoms with van der Waals surface area (Å²) in [4.78, 5) is 16.3. The molecule has 21 heavy (non-hydrogen) atoms. The van der Waals surface area contributed by atoms with Crippen molar-refractivity contribution >= 4 is 17.4 Å². The Hall–Kier alpha value is -1.86. The number of hydrogen-bond donors (Lipinski definition) is 2. The van der Waals surface area contributed by atoms with E-state index in [0.29, 0.717) is 6.54 Å². The van der Waals surface area contributed by atoms with Gasteiger partial charge in [-0.1, -0.05) is 0 Å². The van der Waals surface area contributed by atoms with Crippen molar-refractivity contribution in [3.8, 4) is 0 Å². The highest BCUT2D eigenvalue weighted by Gasteiger charge is 2.20. The van der Waals surface area contributed by atoms with Gasteiger partial charge in [0.2, 0.25) is 0 Å². The number of aromatic amines is 1. The third kappa shape index (κ3) is 3.83. The highest BCUT2D eigenvalue weighted by atomic mass is 32.1. The van der Waals surface area contributed by atoms with E-state index in [2.05, 4.69) is 37.2 Å². The molecule has 1 saturated heterocycles. The number of carbonyl (C=O) groups is 1. The van der Waals surface area contributed by atoms with E-state index < -0.39 is 0 Å². The molecule has 7 heteroatoms. The Bertz CT molecular complexity index is 546. The molecule has 0 atom stereocenters. The third-order valence-electron chi connectivity index (χ3n) is 3.63. The SMILES string of the molecule is O=C(NCc1ccn[nH]1)N1CCN(Cc2ccsc2)CC1. The van der Waals surface area contributed by atoms with Gasteiger partial charge >= 0.3 is 6.03 Å². The predicted molar refractivity (Wildman–Crippen MR) is 82.0 cm³/mol. The standard InChI is InChI=1S/C14H19N5OS/c20-14(15-9-13-1-3-16-17-13)19-6-4-18(5-7-19)10-12-2-8-21-11-12/h1-3,8,11H,4-7,9-10H2,(H,15,20)(H,16,17). The Balaban J connectivity index is 1.41. The van der Waals surface area contributed by atoms with Gasteiger partial charge in [0.25, 0.3) is 0 Å². The molecule has 2 aromatic rings. The van der Waals surface area contributed by atoms with E-state index in [1.54, 1.807) is 17.5 Å². The van der Waals surface area contributed by atoms with Crippen LogP contribution in [-0.4, -0.2) is 52.2 Å². The van der Waals surface area contributed by atoms with Crippen LogP contribution in [0.5, 0.6) is 0 Å². The summed E-state index contributed by atoms with van der Waals surface area (Å²) in [6, 6.07) is 4.02. The number of carbonyl (C=O) groups excluding carboxylic acids is 1. The summed E-state index contributed by atoms with van der Waals surface area (Å²) >= 11 is 1.73. The molecule has 112 valence electrons. The normalized spacial score (nSPS) is 16.1. The van der Waals surface area contributed by atoms with Crippen LogP contribution in [0.2, 0.25) is 0 Å². The quantitative estimate of drug-likeness (QED) is 0.900. The van der Waals surface area contributed by atoms with Crippen molar-refractivity contribution in [2.75, 3.05) is 26.2 Å². The van der Waals surface area contributed by atoms with Crippen LogP contribution in [0.15, 0.2) is 29.1 Å². The Kier molecular flexibility index (Phi) is 4.52. The number of urea groups is 1. The molecule has 3 rings (SSSR count). The van der Waals surface area contributed by atoms with Gasteiger partial charge in [-0.25, -0.2) is 4.79 Å². The first-order valence-electron chi connectivity index (χ1n) is 7.06. The highest BCUT2D eigenvalue weighted by molar-refractivity contribution is 7.07. The van der Waals surface area contributed by atoms with Crippen LogP contribution < -0.4 is 5.32 Å². The predicted octanol–water partition coefficient (Wildman–Crippen LogP) is 1.50. The lowest BCUT2D eigenvalue weighted by Crippen LogP contribution is -2.51. The van der Waals surface area contributed by atoms with Crippen LogP contribution >= 0.6 is 11.3 Å². The van der Waals surface area contributed by atoms with E-state index >= 15 is 0 Å². The number of hydrogen-bond acceptors (Lipinski definition) is 4. The Labute approximate surface area is 127 Å². The summed E-state index contributed by atoms with van der Waals surface area (Å²) in [6.45, 7) is 4.87. The second-order valence-electron chi connectivity index (χ2n) is 5.14. The second kappa shape index (κ2) is 6.73. The molecule has 2 aromatic heterocycles. The maximum atomic E-state index is 12.1. The van der Waals surface area contributed by atoms with Gasteiger partial charge in [0.15, 0.2) is 0 Å². The molecular weight excluding hydrogens is 286 g/mol. The summed E-state index contributed by atoms with van der Waals surface area (Å²) in [5.41, 5.74) is 2.27. The molecule has 0 spiro atoms. The van der Waals surface area contributed by atoms with Crippen molar-refractivity contribution in [1.82, 2.24) is 25.3 Å². The zero-order valence-electron chi connectivity index (χ0n) is 11.8. The summed E-state index contributed by atoms with van der Waals surface area (Å²) in [7, 11) is 0. The lowest BCUT2D eigenvalue weighted by atomic mass is 10.2. The van der Waals surface area contributed by atoms with Crippen LogP contribution in [0.4, 0.5) is 4.79 Å². The minimum atomic E-state index is -0.000201. The van der Waals surface area contributed by atoms with E-state index in [1.165, 1.54) is 5.56 Å². The molecule has 6 nitrogen and oxygen atoms in total. The van der Waals surface area contributed by atoms with Crippen molar-refractivity contribution in [2.45, 2.75) is 13.1 Å². The zero-order valence-corrected chi connectivity index (χ0v) is 12.6. The summed E-state index contributed by atoms with van der Waals surface area (Å²) in [5.74, 6) is 0. The molecule has 0 radical (unpaired) electrons. The number of thiophene rings is 1. The van der Waals surface area contributed by atoms with E-state index in [9.17, 15) is 4.79 Å². The molecule has 2 amide bonds. The fourth-order valence-corrected chi connectivity index (χ4v) is 3.08. The van der Waals surface area contributed by atoms with Crippen molar-refractivity contribution in [1.29, 1.82) is 0 Å². The average Bonchev–Trinajstić information content (AvgIpc) is 3.19. The van der Waals surface area contributed by atoms with Gasteiger partial charge in [0.1, 0.15) is 0 Å². The topological polar surface area (TPSA) is 64.3 Å². The van der Waals surface area contributed by atoms with Crippen LogP contribution in [0.25, 0.3) is 0 Å². The maximum Gasteiger partial charge on any atom is 0.317 e. The molecule has 1 fully saturated rings. The molecular formula is C14H19N5OS. The molecule has 1 aliphatic rings. The lowest BCUT2D eigenvalue weighted by molar-refractivity contribution is 0.135. The smallest absolute Gasteiger partial charge is 0.317 e. The Morgan fingerprint density at radius 1 is 1.33 bits per heavy atom. The van der Waals surface area contributed by atoms with E-state index in [0.717, 1.165) is 38.4 Å². The number of piperazine rings is 1. The maximum absolute atomic E-state index is 12.1. The minimum Gasteiger partial charge on any atom is -0.332 e. The number of nitrogens with one attached hydrogen (secondary N) is 2. The molecule has 0 aromatic carbocycles. The number of nitrogens with zero attached hydrogens (tertiary/aromatic N) is 3. The number of rotatable bonds is 4. The van der Waals surface area contributed by atoms with Gasteiger partial charge in [-0.15, -0.1) is 0 Å². The lowest BCUT2D eigenvalue weighted by Gasteiger charge is -2.34. The van der Waals surface area contributed by atoms with Crippen LogP contribution in [0, 0.1) is 0 Å². The Morgan fingerprint density at radius 2 is 2.19 bits per heavy atom. The van der Waals surface area contributed by atoms with Gasteiger partial charge < -0.3 is 10.2 Å². The molecule has 3 heterocycles. The molecule has 1 aliphatic heterocycles. The summed E-state index contributed by atoms with van der Waals surface area (Å²) < 4.78 is 0. The van der Waals surface area contributed by atoms with Gasteiger partial charge in [-0.05, 0) is 28.5 Å². The summed E-state index contributed by atoms with van der Waals surface area (Å²) in [6.07, 6.45) is 1.69. The zero-order chi connectivity index (χ0) is 14.5. The first kappa shape index (κ1) is 14.1. The Morgan fingerprint density at radius 3 is 2.86 bits per heavy atom. The van der Waals surface area contributed by atoms with Gasteiger partial charge in [-0.2, -0.15) is 16.4 Å². The van der Waals surface area contributed by atoms with Crippen molar-refractivity contribution in [3.63, 3.8) is 0 Å². The molecule has 0 aliphatic carbocycles. The molecule has 0 bridgehead atoms. The van der Waals surface area contributed by atoms with Gasteiger partial charge in [-0.3, -0.25) is 10.00 Å². The average molecular weight is 305 g/mol. The number of amides is 2. The van der Waals surface area contributed by atoms with Crippen molar-refractivity contribution in [2.24, 2.45) is 0 Å². The first-order valence-corrected chi connectivity index (χ1v) is 8.00. The third-order valence-corrected chi connectivity index (χ3v) is 4.37. The number of aromatic nitrogens is 2. The monoisotopic (exact) mass is 305 g/mol. The second-order valence-corrected chi connectivity index (χ2v) is 5.92. The molecule has 2 N–H and O–H groups in total. The first-order chi connectivity index (χ1) is 10.3. The highest BCUT2D eigenvalue weighted by Crippen LogP contribution is 2.11. The fraction of sp³-hybridized carbons (Fsp3) is 0.429. The van der Waals surface area contributed by atoms with Crippen LogP contribution in [0.1, 0.15) is 11.3 Å². The van der Waals surface area contributed by atoms with E-state index in [-0.39, 0.29) is 6.03 Å².